The minimum absolute atomic E-state index is 0.0767. The Hall–Kier alpha value is -3.28. The fraction of sp³-hybridized carbons (Fsp3) is 0.100. The zero-order valence-electron chi connectivity index (χ0n) is 16.3. The SMILES string of the molecule is N#CC(C(=N\NC(N)=S)/C(=N/NC(N)=S)C(C#N)c1ccc(Cl)cc1)c1ccc(Cl)cc1. The summed E-state index contributed by atoms with van der Waals surface area (Å²) in [6, 6.07) is 17.5. The van der Waals surface area contributed by atoms with Crippen molar-refractivity contribution in [1.29, 1.82) is 10.5 Å². The zero-order valence-corrected chi connectivity index (χ0v) is 19.4. The molecule has 0 spiro atoms. The highest BCUT2D eigenvalue weighted by Gasteiger charge is 2.30. The second-order valence-corrected chi connectivity index (χ2v) is 7.93. The molecule has 0 radical (unpaired) electrons. The van der Waals surface area contributed by atoms with Crippen LogP contribution in [0.5, 0.6) is 0 Å². The molecular weight excluding hydrogens is 487 g/mol. The van der Waals surface area contributed by atoms with E-state index in [9.17, 15) is 10.5 Å². The molecule has 0 aliphatic heterocycles. The lowest BCUT2D eigenvalue weighted by molar-refractivity contribution is 0.974. The van der Waals surface area contributed by atoms with Crippen LogP contribution in [0.1, 0.15) is 23.0 Å². The Kier molecular flexibility index (Phi) is 9.32. The predicted molar refractivity (Wildman–Crippen MR) is 134 cm³/mol. The highest BCUT2D eigenvalue weighted by molar-refractivity contribution is 7.80. The van der Waals surface area contributed by atoms with Crippen molar-refractivity contribution < 1.29 is 0 Å². The van der Waals surface area contributed by atoms with Gasteiger partial charge >= 0.3 is 0 Å². The average molecular weight is 503 g/mol. The number of hydrogen-bond donors (Lipinski definition) is 4. The Balaban J connectivity index is 2.71. The number of nitrogens with two attached hydrogens (primary N) is 2. The lowest BCUT2D eigenvalue weighted by Gasteiger charge is -2.19. The lowest BCUT2D eigenvalue weighted by Crippen LogP contribution is -2.35. The lowest BCUT2D eigenvalue weighted by atomic mass is 9.85. The van der Waals surface area contributed by atoms with E-state index in [1.807, 2.05) is 0 Å². The molecular formula is C20H16Cl2N8S2. The maximum Gasteiger partial charge on any atom is 0.184 e. The van der Waals surface area contributed by atoms with Gasteiger partial charge in [0.05, 0.1) is 12.1 Å². The van der Waals surface area contributed by atoms with Gasteiger partial charge in [-0.3, -0.25) is 10.9 Å². The smallest absolute Gasteiger partial charge is 0.184 e. The summed E-state index contributed by atoms with van der Waals surface area (Å²) >= 11 is 21.7. The molecule has 2 unspecified atom stereocenters. The zero-order chi connectivity index (χ0) is 23.7. The molecule has 32 heavy (non-hydrogen) atoms. The van der Waals surface area contributed by atoms with Crippen molar-refractivity contribution in [2.24, 2.45) is 21.7 Å². The standard InChI is InChI=1S/C20H16Cl2N8S2/c21-13-5-1-11(2-6-13)15(9-23)17(27-29-19(25)31)18(28-30-20(26)32)16(10-24)12-3-7-14(22)8-4-12/h1-8,15-16H,(H3,25,29,31)(H3,26,30,32)/b27-17+,28-18+. The number of rotatable bonds is 7. The van der Waals surface area contributed by atoms with Gasteiger partial charge in [-0.25, -0.2) is 0 Å². The van der Waals surface area contributed by atoms with E-state index in [1.54, 1.807) is 48.5 Å². The third kappa shape index (κ3) is 6.87. The van der Waals surface area contributed by atoms with Crippen molar-refractivity contribution in [1.82, 2.24) is 10.9 Å². The molecule has 2 aromatic carbocycles. The van der Waals surface area contributed by atoms with Crippen LogP contribution in [0.4, 0.5) is 0 Å². The first-order valence-electron chi connectivity index (χ1n) is 8.83. The summed E-state index contributed by atoms with van der Waals surface area (Å²) in [4.78, 5) is 0. The largest absolute Gasteiger partial charge is 0.375 e. The number of nitrogens with zero attached hydrogens (tertiary/aromatic N) is 4. The van der Waals surface area contributed by atoms with Crippen molar-refractivity contribution in [2.75, 3.05) is 0 Å². The van der Waals surface area contributed by atoms with Crippen LogP contribution in [0.3, 0.4) is 0 Å². The number of benzene rings is 2. The van der Waals surface area contributed by atoms with E-state index in [0.29, 0.717) is 21.2 Å². The molecule has 6 N–H and O–H groups in total. The maximum absolute atomic E-state index is 9.99. The van der Waals surface area contributed by atoms with Gasteiger partial charge in [0.15, 0.2) is 10.2 Å². The molecule has 0 aliphatic carbocycles. The molecule has 0 bridgehead atoms. The van der Waals surface area contributed by atoms with Crippen LogP contribution in [0.15, 0.2) is 58.7 Å². The molecule has 2 rings (SSSR count). The first kappa shape index (κ1) is 25.0. The minimum Gasteiger partial charge on any atom is -0.375 e. The molecule has 0 saturated heterocycles. The van der Waals surface area contributed by atoms with E-state index in [2.05, 4.69) is 33.2 Å². The second-order valence-electron chi connectivity index (χ2n) is 6.17. The number of nitrogens with one attached hydrogen (secondary N) is 2. The number of nitriles is 2. The highest BCUT2D eigenvalue weighted by atomic mass is 35.5. The van der Waals surface area contributed by atoms with Gasteiger partial charge in [0.25, 0.3) is 0 Å². The third-order valence-electron chi connectivity index (χ3n) is 4.05. The van der Waals surface area contributed by atoms with Crippen molar-refractivity contribution in [3.63, 3.8) is 0 Å². The number of hydrogen-bond acceptors (Lipinski definition) is 6. The molecule has 0 fully saturated rings. The Bertz CT molecular complexity index is 1040. The van der Waals surface area contributed by atoms with Crippen LogP contribution in [-0.4, -0.2) is 21.6 Å². The summed E-state index contributed by atoms with van der Waals surface area (Å²) in [6.07, 6.45) is 0. The summed E-state index contributed by atoms with van der Waals surface area (Å²) in [5.74, 6) is -1.94. The Morgan fingerprint density at radius 2 is 1.06 bits per heavy atom. The van der Waals surface area contributed by atoms with E-state index in [0.717, 1.165) is 0 Å². The number of thiocarbonyl (C=S) groups is 2. The van der Waals surface area contributed by atoms with Gasteiger partial charge in [0.1, 0.15) is 23.3 Å². The molecule has 0 aliphatic rings. The predicted octanol–water partition coefficient (Wildman–Crippen LogP) is 3.29. The molecule has 0 aromatic heterocycles. The average Bonchev–Trinajstić information content (AvgIpc) is 2.76. The topological polar surface area (TPSA) is 148 Å². The quantitative estimate of drug-likeness (QED) is 0.256. The van der Waals surface area contributed by atoms with E-state index in [-0.39, 0.29) is 21.6 Å². The summed E-state index contributed by atoms with van der Waals surface area (Å²) in [5, 5.41) is 29.1. The first-order chi connectivity index (χ1) is 15.3. The third-order valence-corrected chi connectivity index (χ3v) is 4.73. The van der Waals surface area contributed by atoms with Crippen LogP contribution in [-0.2, 0) is 0 Å². The Labute approximate surface area is 205 Å². The normalized spacial score (nSPS) is 13.2. The molecule has 2 aromatic rings. The summed E-state index contributed by atoms with van der Waals surface area (Å²) in [6.45, 7) is 0. The molecule has 162 valence electrons. The molecule has 12 heteroatoms. The van der Waals surface area contributed by atoms with Gasteiger partial charge in [-0.1, -0.05) is 47.5 Å². The molecule has 0 heterocycles. The van der Waals surface area contributed by atoms with Gasteiger partial charge in [-0.15, -0.1) is 0 Å². The van der Waals surface area contributed by atoms with Gasteiger partial charge in [0, 0.05) is 10.0 Å². The van der Waals surface area contributed by atoms with Gasteiger partial charge in [-0.2, -0.15) is 20.7 Å². The van der Waals surface area contributed by atoms with Crippen LogP contribution >= 0.6 is 47.6 Å². The number of hydrazone groups is 2. The number of halogens is 2. The molecule has 0 saturated carbocycles. The van der Waals surface area contributed by atoms with Crippen LogP contribution in [0.25, 0.3) is 0 Å². The maximum atomic E-state index is 9.99. The fourth-order valence-corrected chi connectivity index (χ4v) is 3.01. The van der Waals surface area contributed by atoms with Crippen LogP contribution < -0.4 is 22.3 Å². The summed E-state index contributed by atoms with van der Waals surface area (Å²) in [5.41, 5.74) is 17.3. The van der Waals surface area contributed by atoms with E-state index in [1.165, 1.54) is 0 Å². The van der Waals surface area contributed by atoms with Crippen LogP contribution in [0.2, 0.25) is 10.0 Å². The molecule has 8 nitrogen and oxygen atoms in total. The Morgan fingerprint density at radius 3 is 1.31 bits per heavy atom. The monoisotopic (exact) mass is 502 g/mol. The van der Waals surface area contributed by atoms with Crippen molar-refractivity contribution in [3.05, 3.63) is 69.7 Å². The van der Waals surface area contributed by atoms with Gasteiger partial charge in [-0.05, 0) is 59.8 Å². The van der Waals surface area contributed by atoms with Gasteiger partial charge in [0.2, 0.25) is 0 Å². The van der Waals surface area contributed by atoms with E-state index in [4.69, 9.17) is 59.1 Å². The van der Waals surface area contributed by atoms with Crippen molar-refractivity contribution in [2.45, 2.75) is 11.8 Å². The van der Waals surface area contributed by atoms with Crippen molar-refractivity contribution in [3.8, 4) is 12.1 Å². The molecule has 0 amide bonds. The fourth-order valence-electron chi connectivity index (χ4n) is 2.67. The highest BCUT2D eigenvalue weighted by Crippen LogP contribution is 2.26. The van der Waals surface area contributed by atoms with Gasteiger partial charge < -0.3 is 11.5 Å². The first-order valence-corrected chi connectivity index (χ1v) is 10.4. The van der Waals surface area contributed by atoms with Crippen LogP contribution in [0, 0.1) is 22.7 Å². The Morgan fingerprint density at radius 1 is 0.750 bits per heavy atom. The second kappa shape index (κ2) is 11.9. The van der Waals surface area contributed by atoms with E-state index < -0.39 is 11.8 Å². The minimum atomic E-state index is -0.968. The summed E-state index contributed by atoms with van der Waals surface area (Å²) in [7, 11) is 0. The summed E-state index contributed by atoms with van der Waals surface area (Å²) < 4.78 is 0. The van der Waals surface area contributed by atoms with E-state index >= 15 is 0 Å². The molecule has 2 atom stereocenters. The van der Waals surface area contributed by atoms with Crippen molar-refractivity contribution >= 4 is 69.3 Å².